The molecule has 1 aromatic heterocycles. The predicted molar refractivity (Wildman–Crippen MR) is 94.1 cm³/mol. The number of aromatic nitrogens is 1. The fourth-order valence-electron chi connectivity index (χ4n) is 3.06. The molecule has 5 nitrogen and oxygen atoms in total. The summed E-state index contributed by atoms with van der Waals surface area (Å²) in [4.78, 5) is 14.5. The van der Waals surface area contributed by atoms with Crippen molar-refractivity contribution in [3.05, 3.63) is 47.3 Å². The number of nitrogens with one attached hydrogen (secondary N) is 1. The van der Waals surface area contributed by atoms with Gasteiger partial charge < -0.3 is 14.7 Å². The minimum absolute atomic E-state index is 0.0279. The van der Waals surface area contributed by atoms with Crippen LogP contribution in [0.15, 0.2) is 34.9 Å². The van der Waals surface area contributed by atoms with Crippen molar-refractivity contribution in [1.82, 2.24) is 10.1 Å². The summed E-state index contributed by atoms with van der Waals surface area (Å²) < 4.78 is 5.50. The number of anilines is 1. The van der Waals surface area contributed by atoms with Crippen molar-refractivity contribution in [2.45, 2.75) is 52.0 Å². The van der Waals surface area contributed by atoms with Gasteiger partial charge in [-0.25, -0.2) is 4.79 Å². The van der Waals surface area contributed by atoms with Crippen LogP contribution in [0, 0.1) is 0 Å². The highest BCUT2D eigenvalue weighted by Crippen LogP contribution is 2.33. The molecule has 128 valence electrons. The summed E-state index contributed by atoms with van der Waals surface area (Å²) in [7, 11) is 0. The van der Waals surface area contributed by atoms with E-state index in [9.17, 15) is 4.79 Å². The largest absolute Gasteiger partial charge is 0.359 e. The molecule has 2 aromatic rings. The number of carbonyl (C=O) groups excluding carboxylic acids is 1. The van der Waals surface area contributed by atoms with Gasteiger partial charge in [0.15, 0.2) is 5.76 Å². The Morgan fingerprint density at radius 3 is 2.75 bits per heavy atom. The molecule has 1 aliphatic rings. The van der Waals surface area contributed by atoms with Crippen molar-refractivity contribution >= 4 is 11.7 Å². The van der Waals surface area contributed by atoms with Gasteiger partial charge in [0.1, 0.15) is 0 Å². The van der Waals surface area contributed by atoms with Crippen molar-refractivity contribution in [3.63, 3.8) is 0 Å². The molecule has 3 rings (SSSR count). The van der Waals surface area contributed by atoms with Crippen LogP contribution in [0.3, 0.4) is 0 Å². The van der Waals surface area contributed by atoms with Gasteiger partial charge in [-0.2, -0.15) is 0 Å². The zero-order valence-corrected chi connectivity index (χ0v) is 14.6. The first kappa shape index (κ1) is 16.6. The van der Waals surface area contributed by atoms with Crippen LogP contribution in [0.5, 0.6) is 0 Å². The first-order valence-electron chi connectivity index (χ1n) is 8.71. The topological polar surface area (TPSA) is 58.4 Å². The van der Waals surface area contributed by atoms with Crippen molar-refractivity contribution in [2.24, 2.45) is 0 Å². The van der Waals surface area contributed by atoms with Crippen molar-refractivity contribution in [2.75, 3.05) is 11.9 Å². The number of hydrogen-bond donors (Lipinski definition) is 1. The molecule has 1 atom stereocenters. The molecule has 1 N–H and O–H groups in total. The number of nitrogens with zero attached hydrogens (tertiary/aromatic N) is 2. The lowest BCUT2D eigenvalue weighted by atomic mass is 10.1. The molecular formula is C19H25N3O2. The predicted octanol–water partition coefficient (Wildman–Crippen LogP) is 4.73. The van der Waals surface area contributed by atoms with Gasteiger partial charge >= 0.3 is 6.03 Å². The summed E-state index contributed by atoms with van der Waals surface area (Å²) in [6.45, 7) is 7.02. The number of urea groups is 1. The Morgan fingerprint density at radius 2 is 2.12 bits per heavy atom. The Bertz CT molecular complexity index is 691. The number of rotatable bonds is 4. The smallest absolute Gasteiger partial charge is 0.322 e. The van der Waals surface area contributed by atoms with Gasteiger partial charge in [-0.15, -0.1) is 0 Å². The normalized spacial score (nSPS) is 17.5. The first-order valence-corrected chi connectivity index (χ1v) is 8.71. The van der Waals surface area contributed by atoms with E-state index in [1.54, 1.807) is 0 Å². The van der Waals surface area contributed by atoms with Gasteiger partial charge in [0.05, 0.1) is 11.7 Å². The summed E-state index contributed by atoms with van der Waals surface area (Å²) in [6.07, 6.45) is 2.88. The molecule has 2 heterocycles. The zero-order valence-electron chi connectivity index (χ0n) is 14.6. The Balaban J connectivity index is 1.70. The SMILES string of the molecule is CCc1ccc(NC(=O)N2CCCC2c2cc(C(C)C)no2)cc1. The minimum atomic E-state index is -0.0794. The third kappa shape index (κ3) is 3.45. The molecule has 1 aromatic carbocycles. The standard InChI is InChI=1S/C19H25N3O2/c1-4-14-7-9-15(10-8-14)20-19(23)22-11-5-6-17(22)18-12-16(13(2)3)21-24-18/h7-10,12-13,17H,4-6,11H2,1-3H3,(H,20,23). The molecule has 1 fully saturated rings. The van der Waals surface area contributed by atoms with E-state index in [1.165, 1.54) is 5.56 Å². The number of hydrogen-bond acceptors (Lipinski definition) is 3. The van der Waals surface area contributed by atoms with Gasteiger partial charge in [0, 0.05) is 18.3 Å². The molecule has 0 aliphatic carbocycles. The van der Waals surface area contributed by atoms with Crippen LogP contribution in [0.1, 0.15) is 62.6 Å². The molecule has 0 saturated carbocycles. The summed E-state index contributed by atoms with van der Waals surface area (Å²) in [5.41, 5.74) is 3.02. The summed E-state index contributed by atoms with van der Waals surface area (Å²) in [6, 6.07) is 9.87. The lowest BCUT2D eigenvalue weighted by Crippen LogP contribution is -2.34. The molecule has 24 heavy (non-hydrogen) atoms. The molecular weight excluding hydrogens is 302 g/mol. The second-order valence-corrected chi connectivity index (χ2v) is 6.64. The molecule has 0 bridgehead atoms. The molecule has 1 saturated heterocycles. The highest BCUT2D eigenvalue weighted by atomic mass is 16.5. The van der Waals surface area contributed by atoms with E-state index >= 15 is 0 Å². The van der Waals surface area contributed by atoms with Crippen LogP contribution in [0.2, 0.25) is 0 Å². The molecule has 5 heteroatoms. The Morgan fingerprint density at radius 1 is 1.38 bits per heavy atom. The molecule has 2 amide bonds. The van der Waals surface area contributed by atoms with E-state index in [0.717, 1.165) is 42.9 Å². The average Bonchev–Trinajstić information content (AvgIpc) is 3.24. The Hall–Kier alpha value is -2.30. The molecule has 0 spiro atoms. The van der Waals surface area contributed by atoms with Crippen molar-refractivity contribution < 1.29 is 9.32 Å². The maximum atomic E-state index is 12.6. The van der Waals surface area contributed by atoms with Crippen molar-refractivity contribution in [1.29, 1.82) is 0 Å². The van der Waals surface area contributed by atoms with Crippen LogP contribution in [-0.4, -0.2) is 22.6 Å². The van der Waals surface area contributed by atoms with Gasteiger partial charge in [0.25, 0.3) is 0 Å². The van der Waals surface area contributed by atoms with E-state index < -0.39 is 0 Å². The third-order valence-corrected chi connectivity index (χ3v) is 4.59. The molecule has 1 unspecified atom stereocenters. The summed E-state index contributed by atoms with van der Waals surface area (Å²) >= 11 is 0. The molecule has 0 radical (unpaired) electrons. The maximum Gasteiger partial charge on any atom is 0.322 e. The van der Waals surface area contributed by atoms with E-state index in [-0.39, 0.29) is 12.1 Å². The van der Waals surface area contributed by atoms with E-state index in [4.69, 9.17) is 4.52 Å². The number of amides is 2. The number of likely N-dealkylation sites (tertiary alicyclic amines) is 1. The lowest BCUT2D eigenvalue weighted by Gasteiger charge is -2.23. The zero-order chi connectivity index (χ0) is 17.1. The van der Waals surface area contributed by atoms with Gasteiger partial charge in [0.2, 0.25) is 0 Å². The highest BCUT2D eigenvalue weighted by Gasteiger charge is 2.33. The van der Waals surface area contributed by atoms with Gasteiger partial charge in [-0.1, -0.05) is 38.1 Å². The Labute approximate surface area is 143 Å². The third-order valence-electron chi connectivity index (χ3n) is 4.59. The summed E-state index contributed by atoms with van der Waals surface area (Å²) in [5.74, 6) is 1.11. The number of carbonyl (C=O) groups is 1. The van der Waals surface area contributed by atoms with Crippen LogP contribution >= 0.6 is 0 Å². The first-order chi connectivity index (χ1) is 11.6. The Kier molecular flexibility index (Phi) is 4.88. The second kappa shape index (κ2) is 7.07. The average molecular weight is 327 g/mol. The van der Waals surface area contributed by atoms with Crippen LogP contribution < -0.4 is 5.32 Å². The van der Waals surface area contributed by atoms with Crippen LogP contribution in [0.4, 0.5) is 10.5 Å². The van der Waals surface area contributed by atoms with E-state index in [1.807, 2.05) is 35.2 Å². The van der Waals surface area contributed by atoms with Crippen molar-refractivity contribution in [3.8, 4) is 0 Å². The maximum absolute atomic E-state index is 12.6. The van der Waals surface area contributed by atoms with Gasteiger partial charge in [-0.3, -0.25) is 0 Å². The quantitative estimate of drug-likeness (QED) is 0.883. The fourth-order valence-corrected chi connectivity index (χ4v) is 3.06. The van der Waals surface area contributed by atoms with Crippen LogP contribution in [0.25, 0.3) is 0 Å². The highest BCUT2D eigenvalue weighted by molar-refractivity contribution is 5.89. The number of aryl methyl sites for hydroxylation is 1. The van der Waals surface area contributed by atoms with E-state index in [2.05, 4.69) is 31.2 Å². The van der Waals surface area contributed by atoms with Crippen LogP contribution in [-0.2, 0) is 6.42 Å². The molecule has 1 aliphatic heterocycles. The summed E-state index contributed by atoms with van der Waals surface area (Å²) in [5, 5.41) is 7.11. The minimum Gasteiger partial charge on any atom is -0.359 e. The fraction of sp³-hybridized carbons (Fsp3) is 0.474. The number of benzene rings is 1. The second-order valence-electron chi connectivity index (χ2n) is 6.64. The van der Waals surface area contributed by atoms with E-state index in [0.29, 0.717) is 5.92 Å². The van der Waals surface area contributed by atoms with Gasteiger partial charge in [-0.05, 0) is 42.9 Å². The lowest BCUT2D eigenvalue weighted by molar-refractivity contribution is 0.195. The monoisotopic (exact) mass is 327 g/mol.